The van der Waals surface area contributed by atoms with Gasteiger partial charge in [0.05, 0.1) is 12.7 Å². The molecular weight excluding hydrogens is 300 g/mol. The van der Waals surface area contributed by atoms with Crippen LogP contribution in [0.3, 0.4) is 0 Å². The number of aliphatic carboxylic acids is 1. The van der Waals surface area contributed by atoms with Crippen molar-refractivity contribution in [2.24, 2.45) is 29.1 Å². The molecule has 2 N–H and O–H groups in total. The van der Waals surface area contributed by atoms with E-state index in [-0.39, 0.29) is 11.8 Å². The fourth-order valence-corrected chi connectivity index (χ4v) is 5.97. The van der Waals surface area contributed by atoms with Gasteiger partial charge in [-0.3, -0.25) is 4.79 Å². The Labute approximate surface area is 143 Å². The van der Waals surface area contributed by atoms with Gasteiger partial charge in [-0.05, 0) is 66.4 Å². The molecule has 0 unspecified atom stereocenters. The quantitative estimate of drug-likeness (QED) is 0.567. The van der Waals surface area contributed by atoms with Crippen LogP contribution in [-0.4, -0.2) is 16.2 Å². The Hall–Kier alpha value is -1.77. The molecule has 0 heterocycles. The van der Waals surface area contributed by atoms with Gasteiger partial charge in [-0.25, -0.2) is 0 Å². The first-order chi connectivity index (χ1) is 11.5. The van der Waals surface area contributed by atoms with Gasteiger partial charge in [-0.15, -0.1) is 0 Å². The van der Waals surface area contributed by atoms with E-state index in [4.69, 9.17) is 0 Å². The Morgan fingerprint density at radius 2 is 2.21 bits per heavy atom. The van der Waals surface area contributed by atoms with Gasteiger partial charge < -0.3 is 10.2 Å². The monoisotopic (exact) mass is 326 g/mol. The normalized spacial score (nSPS) is 42.0. The molecule has 0 radical (unpaired) electrons. The number of hydrogen-bond acceptors (Lipinski definition) is 2. The van der Waals surface area contributed by atoms with E-state index in [2.05, 4.69) is 31.2 Å². The lowest BCUT2D eigenvalue weighted by Crippen LogP contribution is -2.42. The molecule has 0 saturated heterocycles. The summed E-state index contributed by atoms with van der Waals surface area (Å²) in [6.45, 7) is 2.33. The summed E-state index contributed by atoms with van der Waals surface area (Å²) >= 11 is 0. The van der Waals surface area contributed by atoms with Gasteiger partial charge in [0.1, 0.15) is 0 Å². The number of hydrogen-bond donors (Lipinski definition) is 2. The minimum atomic E-state index is -0.730. The van der Waals surface area contributed by atoms with Crippen molar-refractivity contribution in [2.75, 3.05) is 0 Å². The highest BCUT2D eigenvalue weighted by molar-refractivity contribution is 5.71. The fourth-order valence-electron chi connectivity index (χ4n) is 5.97. The summed E-state index contributed by atoms with van der Waals surface area (Å²) in [5, 5.41) is 18.8. The molecule has 2 saturated carbocycles. The van der Waals surface area contributed by atoms with Crippen molar-refractivity contribution in [1.82, 2.24) is 0 Å². The molecule has 2 fully saturated rings. The molecule has 3 heteroatoms. The van der Waals surface area contributed by atoms with Gasteiger partial charge >= 0.3 is 5.97 Å². The van der Waals surface area contributed by atoms with Crippen molar-refractivity contribution in [3.05, 3.63) is 47.3 Å². The van der Waals surface area contributed by atoms with Crippen LogP contribution in [0.2, 0.25) is 0 Å². The first-order valence-corrected chi connectivity index (χ1v) is 9.17. The van der Waals surface area contributed by atoms with Crippen LogP contribution in [0.4, 0.5) is 0 Å². The third-order valence-corrected chi connectivity index (χ3v) is 7.19. The predicted octanol–water partition coefficient (Wildman–Crippen LogP) is 4.79. The Kier molecular flexibility index (Phi) is 3.70. The van der Waals surface area contributed by atoms with Crippen molar-refractivity contribution in [1.29, 1.82) is 0 Å². The topological polar surface area (TPSA) is 57.5 Å². The molecule has 128 valence electrons. The maximum atomic E-state index is 11.2. The lowest BCUT2D eigenvalue weighted by Gasteiger charge is -2.50. The van der Waals surface area contributed by atoms with Gasteiger partial charge in [-0.1, -0.05) is 36.8 Å². The van der Waals surface area contributed by atoms with Gasteiger partial charge in [0.2, 0.25) is 0 Å². The van der Waals surface area contributed by atoms with E-state index in [0.29, 0.717) is 23.7 Å². The SMILES string of the molecule is C[C@]12CC[C@H]3[C@@H](C=CC4=C(CC(=O)O)CC=C[C@@H]43)[C@@H]1CCC2=CO. The van der Waals surface area contributed by atoms with Crippen LogP contribution >= 0.6 is 0 Å². The fraction of sp³-hybridized carbons (Fsp3) is 0.571. The maximum absolute atomic E-state index is 11.2. The zero-order valence-corrected chi connectivity index (χ0v) is 14.2. The summed E-state index contributed by atoms with van der Waals surface area (Å²) in [4.78, 5) is 11.2. The number of carboxylic acid groups (broad SMARTS) is 1. The highest BCUT2D eigenvalue weighted by Crippen LogP contribution is 2.62. The Bertz CT molecular complexity index is 681. The second kappa shape index (κ2) is 5.65. The van der Waals surface area contributed by atoms with Crippen LogP contribution in [0, 0.1) is 29.1 Å². The molecule has 0 aromatic heterocycles. The summed E-state index contributed by atoms with van der Waals surface area (Å²) in [6.07, 6.45) is 15.8. The maximum Gasteiger partial charge on any atom is 0.307 e. The lowest BCUT2D eigenvalue weighted by molar-refractivity contribution is -0.136. The first kappa shape index (κ1) is 15.7. The molecule has 5 atom stereocenters. The number of aliphatic hydroxyl groups excluding tert-OH is 1. The van der Waals surface area contributed by atoms with Crippen molar-refractivity contribution in [3.8, 4) is 0 Å². The van der Waals surface area contributed by atoms with Crippen LogP contribution in [-0.2, 0) is 4.79 Å². The molecule has 4 aliphatic carbocycles. The van der Waals surface area contributed by atoms with Gasteiger partial charge in [-0.2, -0.15) is 0 Å². The molecule has 3 nitrogen and oxygen atoms in total. The molecule has 24 heavy (non-hydrogen) atoms. The van der Waals surface area contributed by atoms with E-state index >= 15 is 0 Å². The smallest absolute Gasteiger partial charge is 0.307 e. The average molecular weight is 326 g/mol. The summed E-state index contributed by atoms with van der Waals surface area (Å²) in [5.41, 5.74) is 3.72. The predicted molar refractivity (Wildman–Crippen MR) is 93.4 cm³/mol. The molecule has 0 amide bonds. The van der Waals surface area contributed by atoms with Crippen LogP contribution in [0.5, 0.6) is 0 Å². The third kappa shape index (κ3) is 2.21. The summed E-state index contributed by atoms with van der Waals surface area (Å²) < 4.78 is 0. The van der Waals surface area contributed by atoms with Crippen molar-refractivity contribution in [2.45, 2.75) is 45.4 Å². The largest absolute Gasteiger partial charge is 0.516 e. The van der Waals surface area contributed by atoms with Crippen molar-refractivity contribution >= 4 is 5.97 Å². The first-order valence-electron chi connectivity index (χ1n) is 9.17. The third-order valence-electron chi connectivity index (χ3n) is 7.19. The molecule has 4 aliphatic rings. The summed E-state index contributed by atoms with van der Waals surface area (Å²) in [7, 11) is 0. The Balaban J connectivity index is 1.70. The lowest BCUT2D eigenvalue weighted by atomic mass is 9.54. The average Bonchev–Trinajstić information content (AvgIpc) is 2.90. The van der Waals surface area contributed by atoms with E-state index in [1.165, 1.54) is 17.4 Å². The van der Waals surface area contributed by atoms with E-state index in [1.54, 1.807) is 0 Å². The van der Waals surface area contributed by atoms with Gasteiger partial charge in [0, 0.05) is 5.92 Å². The zero-order chi connectivity index (χ0) is 16.9. The van der Waals surface area contributed by atoms with E-state index in [9.17, 15) is 15.0 Å². The highest BCUT2D eigenvalue weighted by Gasteiger charge is 2.53. The molecule has 4 rings (SSSR count). The second-order valence-electron chi connectivity index (χ2n) is 8.14. The number of carbonyl (C=O) groups is 1. The molecule has 0 spiro atoms. The van der Waals surface area contributed by atoms with Gasteiger partial charge in [0.25, 0.3) is 0 Å². The minimum absolute atomic E-state index is 0.143. The van der Waals surface area contributed by atoms with E-state index < -0.39 is 5.97 Å². The Morgan fingerprint density at radius 3 is 2.96 bits per heavy atom. The molecular formula is C21H26O3. The van der Waals surface area contributed by atoms with Crippen molar-refractivity contribution < 1.29 is 15.0 Å². The minimum Gasteiger partial charge on any atom is -0.516 e. The van der Waals surface area contributed by atoms with Crippen LogP contribution < -0.4 is 0 Å². The standard InChI is InChI=1S/C21H26O3/c1-21-10-9-17-16-4-2-3-13(11-20(23)24)15(16)6-7-18(17)19(21)8-5-14(21)12-22/h2,4,6-7,12,16-19,22H,3,5,8-11H2,1H3,(H,23,24)/t16-,17+,18+,19-,21+/m0/s1. The van der Waals surface area contributed by atoms with E-state index in [1.807, 2.05) is 0 Å². The number of fused-ring (bicyclic) bond motifs is 5. The Morgan fingerprint density at radius 1 is 1.38 bits per heavy atom. The van der Waals surface area contributed by atoms with E-state index in [0.717, 1.165) is 37.7 Å². The van der Waals surface area contributed by atoms with Crippen LogP contribution in [0.1, 0.15) is 45.4 Å². The summed E-state index contributed by atoms with van der Waals surface area (Å²) in [6, 6.07) is 0. The molecule has 0 aliphatic heterocycles. The number of allylic oxidation sites excluding steroid dienone is 6. The molecule has 0 bridgehead atoms. The van der Waals surface area contributed by atoms with Crippen LogP contribution in [0.25, 0.3) is 0 Å². The van der Waals surface area contributed by atoms with Crippen LogP contribution in [0.15, 0.2) is 47.3 Å². The van der Waals surface area contributed by atoms with Gasteiger partial charge in [0.15, 0.2) is 0 Å². The number of rotatable bonds is 2. The molecule has 0 aromatic carbocycles. The number of aliphatic hydroxyl groups is 1. The molecule has 0 aromatic rings. The summed E-state index contributed by atoms with van der Waals surface area (Å²) in [5.74, 6) is 1.39. The zero-order valence-electron chi connectivity index (χ0n) is 14.2. The highest BCUT2D eigenvalue weighted by atomic mass is 16.4. The number of carboxylic acids is 1. The second-order valence-corrected chi connectivity index (χ2v) is 8.14. The van der Waals surface area contributed by atoms with Crippen molar-refractivity contribution in [3.63, 3.8) is 0 Å².